The van der Waals surface area contributed by atoms with Crippen LogP contribution in [-0.4, -0.2) is 26.8 Å². The van der Waals surface area contributed by atoms with E-state index in [0.717, 1.165) is 37.1 Å². The summed E-state index contributed by atoms with van der Waals surface area (Å²) in [6.45, 7) is 3.29. The number of carbonyl (C=O) groups is 2. The lowest BCUT2D eigenvalue weighted by atomic mass is 10.1. The van der Waals surface area contributed by atoms with Crippen molar-refractivity contribution in [3.63, 3.8) is 0 Å². The number of hydrogen-bond acceptors (Lipinski definition) is 3. The fourth-order valence-corrected chi connectivity index (χ4v) is 2.79. The van der Waals surface area contributed by atoms with Crippen LogP contribution in [0.2, 0.25) is 0 Å². The van der Waals surface area contributed by atoms with Gasteiger partial charge in [-0.2, -0.15) is 5.10 Å². The fourth-order valence-electron chi connectivity index (χ4n) is 2.79. The lowest BCUT2D eigenvalue weighted by Gasteiger charge is -2.09. The lowest BCUT2D eigenvalue weighted by Crippen LogP contribution is -2.24. The van der Waals surface area contributed by atoms with E-state index >= 15 is 0 Å². The number of carbonyl (C=O) groups excluding carboxylic acids is 1. The minimum absolute atomic E-state index is 0.124. The van der Waals surface area contributed by atoms with E-state index in [1.54, 1.807) is 30.5 Å². The molecule has 2 aromatic rings. The van der Waals surface area contributed by atoms with E-state index in [0.29, 0.717) is 18.0 Å². The molecule has 0 aliphatic heterocycles. The molecule has 6 nitrogen and oxygen atoms in total. The van der Waals surface area contributed by atoms with Gasteiger partial charge in [0.15, 0.2) is 0 Å². The maximum atomic E-state index is 12.5. The number of rotatable bonds is 7. The molecule has 1 saturated carbocycles. The van der Waals surface area contributed by atoms with Gasteiger partial charge in [-0.3, -0.25) is 9.48 Å². The van der Waals surface area contributed by atoms with E-state index < -0.39 is 5.97 Å². The van der Waals surface area contributed by atoms with E-state index in [2.05, 4.69) is 17.3 Å². The van der Waals surface area contributed by atoms with Gasteiger partial charge >= 0.3 is 5.97 Å². The highest BCUT2D eigenvalue weighted by molar-refractivity contribution is 5.95. The summed E-state index contributed by atoms with van der Waals surface area (Å²) in [6, 6.07) is 6.51. The number of hydrogen-bond donors (Lipinski definition) is 2. The van der Waals surface area contributed by atoms with Gasteiger partial charge in [0.1, 0.15) is 0 Å². The molecule has 0 saturated heterocycles. The first kappa shape index (κ1) is 16.2. The highest BCUT2D eigenvalue weighted by Crippen LogP contribution is 2.41. The van der Waals surface area contributed by atoms with Crippen LogP contribution in [-0.2, 0) is 13.1 Å². The van der Waals surface area contributed by atoms with Crippen LogP contribution >= 0.6 is 0 Å². The highest BCUT2D eigenvalue weighted by atomic mass is 16.4. The van der Waals surface area contributed by atoms with Gasteiger partial charge in [0.25, 0.3) is 5.91 Å². The Bertz CT molecular complexity index is 745. The number of aromatic carboxylic acids is 1. The third-order valence-electron chi connectivity index (χ3n) is 4.18. The maximum Gasteiger partial charge on any atom is 0.335 e. The molecule has 1 heterocycles. The van der Waals surface area contributed by atoms with Gasteiger partial charge in [-0.25, -0.2) is 4.79 Å². The summed E-state index contributed by atoms with van der Waals surface area (Å²) in [5.74, 6) is -0.626. The van der Waals surface area contributed by atoms with Crippen molar-refractivity contribution >= 4 is 11.9 Å². The Morgan fingerprint density at radius 2 is 2.00 bits per heavy atom. The summed E-state index contributed by atoms with van der Waals surface area (Å²) in [4.78, 5) is 23.4. The average Bonchev–Trinajstić information content (AvgIpc) is 3.33. The Morgan fingerprint density at radius 3 is 2.58 bits per heavy atom. The van der Waals surface area contributed by atoms with Gasteiger partial charge in [0.05, 0.1) is 23.0 Å². The largest absolute Gasteiger partial charge is 0.478 e. The summed E-state index contributed by atoms with van der Waals surface area (Å²) in [6.07, 6.45) is 4.88. The average molecular weight is 327 g/mol. The Labute approximate surface area is 140 Å². The monoisotopic (exact) mass is 327 g/mol. The van der Waals surface area contributed by atoms with Gasteiger partial charge in [0, 0.05) is 19.0 Å². The van der Waals surface area contributed by atoms with Gasteiger partial charge in [-0.1, -0.05) is 19.1 Å². The molecule has 1 aromatic heterocycles. The zero-order valence-corrected chi connectivity index (χ0v) is 13.7. The Hall–Kier alpha value is -2.63. The molecule has 6 heteroatoms. The summed E-state index contributed by atoms with van der Waals surface area (Å²) < 4.78 is 1.95. The van der Waals surface area contributed by atoms with E-state index in [1.165, 1.54) is 0 Å². The molecular formula is C18H21N3O3. The summed E-state index contributed by atoms with van der Waals surface area (Å²) in [5.41, 5.74) is 2.81. The van der Waals surface area contributed by atoms with Gasteiger partial charge < -0.3 is 10.4 Å². The second-order valence-corrected chi connectivity index (χ2v) is 6.13. The lowest BCUT2D eigenvalue weighted by molar-refractivity contribution is 0.0696. The number of nitrogens with zero attached hydrogens (tertiary/aromatic N) is 2. The topological polar surface area (TPSA) is 84.2 Å². The van der Waals surface area contributed by atoms with Crippen LogP contribution in [0.3, 0.4) is 0 Å². The number of benzene rings is 1. The Balaban J connectivity index is 1.68. The molecule has 1 aliphatic rings. The van der Waals surface area contributed by atoms with Gasteiger partial charge in [0.2, 0.25) is 0 Å². The zero-order valence-electron chi connectivity index (χ0n) is 13.7. The number of aryl methyl sites for hydroxylation is 1. The minimum Gasteiger partial charge on any atom is -0.478 e. The number of amides is 1. The molecule has 2 N–H and O–H groups in total. The zero-order chi connectivity index (χ0) is 17.1. The second kappa shape index (κ2) is 6.86. The molecule has 3 rings (SSSR count). The number of carboxylic acid groups (broad SMARTS) is 1. The van der Waals surface area contributed by atoms with Crippen LogP contribution in [0, 0.1) is 0 Å². The molecule has 0 radical (unpaired) electrons. The van der Waals surface area contributed by atoms with Crippen LogP contribution in [0.4, 0.5) is 0 Å². The molecule has 0 bridgehead atoms. The van der Waals surface area contributed by atoms with Crippen molar-refractivity contribution in [3.8, 4) is 0 Å². The summed E-state index contributed by atoms with van der Waals surface area (Å²) in [5, 5.41) is 16.2. The van der Waals surface area contributed by atoms with Crippen LogP contribution < -0.4 is 5.32 Å². The number of nitrogens with one attached hydrogen (secondary N) is 1. The molecule has 0 unspecified atom stereocenters. The third kappa shape index (κ3) is 3.48. The molecule has 0 atom stereocenters. The SMILES string of the molecule is CCCn1ncc(C(=O)NCc2ccc(C(=O)O)cc2)c1C1CC1. The first-order valence-electron chi connectivity index (χ1n) is 8.26. The molecule has 126 valence electrons. The first-order chi connectivity index (χ1) is 11.6. The maximum absolute atomic E-state index is 12.5. The number of aromatic nitrogens is 2. The van der Waals surface area contributed by atoms with Gasteiger partial charge in [-0.05, 0) is 37.0 Å². The van der Waals surface area contributed by atoms with Crippen molar-refractivity contribution in [1.82, 2.24) is 15.1 Å². The molecule has 1 aliphatic carbocycles. The molecular weight excluding hydrogens is 306 g/mol. The second-order valence-electron chi connectivity index (χ2n) is 6.13. The predicted molar refractivity (Wildman–Crippen MR) is 89.1 cm³/mol. The fraction of sp³-hybridized carbons (Fsp3) is 0.389. The van der Waals surface area contributed by atoms with Crippen molar-refractivity contribution < 1.29 is 14.7 Å². The van der Waals surface area contributed by atoms with E-state index in [1.807, 2.05) is 4.68 Å². The smallest absolute Gasteiger partial charge is 0.335 e. The minimum atomic E-state index is -0.956. The van der Waals surface area contributed by atoms with Crippen molar-refractivity contribution in [2.75, 3.05) is 0 Å². The summed E-state index contributed by atoms with van der Waals surface area (Å²) >= 11 is 0. The highest BCUT2D eigenvalue weighted by Gasteiger charge is 2.32. The molecule has 1 aromatic carbocycles. The predicted octanol–water partition coefficient (Wildman–Crippen LogP) is 2.80. The normalized spacial score (nSPS) is 13.7. The quantitative estimate of drug-likeness (QED) is 0.819. The van der Waals surface area contributed by atoms with Crippen molar-refractivity contribution in [1.29, 1.82) is 0 Å². The Morgan fingerprint density at radius 1 is 1.29 bits per heavy atom. The standard InChI is InChI=1S/C18H21N3O3/c1-2-9-21-16(13-7-8-13)15(11-20-21)17(22)19-10-12-3-5-14(6-4-12)18(23)24/h3-6,11,13H,2,7-10H2,1H3,(H,19,22)(H,23,24). The molecule has 1 fully saturated rings. The van der Waals surface area contributed by atoms with Crippen LogP contribution in [0.15, 0.2) is 30.5 Å². The molecule has 24 heavy (non-hydrogen) atoms. The van der Waals surface area contributed by atoms with Crippen molar-refractivity contribution in [2.45, 2.75) is 45.2 Å². The van der Waals surface area contributed by atoms with Crippen molar-refractivity contribution in [3.05, 3.63) is 52.8 Å². The third-order valence-corrected chi connectivity index (χ3v) is 4.18. The van der Waals surface area contributed by atoms with E-state index in [4.69, 9.17) is 5.11 Å². The van der Waals surface area contributed by atoms with E-state index in [-0.39, 0.29) is 11.5 Å². The van der Waals surface area contributed by atoms with E-state index in [9.17, 15) is 9.59 Å². The van der Waals surface area contributed by atoms with Crippen molar-refractivity contribution in [2.24, 2.45) is 0 Å². The first-order valence-corrected chi connectivity index (χ1v) is 8.26. The molecule has 0 spiro atoms. The molecule has 1 amide bonds. The van der Waals surface area contributed by atoms with Gasteiger partial charge in [-0.15, -0.1) is 0 Å². The number of carboxylic acids is 1. The van der Waals surface area contributed by atoms with Crippen LogP contribution in [0.25, 0.3) is 0 Å². The van der Waals surface area contributed by atoms with Crippen LogP contribution in [0.5, 0.6) is 0 Å². The Kier molecular flexibility index (Phi) is 4.64. The van der Waals surface area contributed by atoms with Crippen LogP contribution in [0.1, 0.15) is 64.1 Å². The summed E-state index contributed by atoms with van der Waals surface area (Å²) in [7, 11) is 0.